The Hall–Kier alpha value is -1.02. The number of halogens is 1. The van der Waals surface area contributed by atoms with Crippen molar-refractivity contribution in [3.8, 4) is 0 Å². The molecule has 0 heterocycles. The van der Waals surface area contributed by atoms with E-state index in [1.807, 2.05) is 30.3 Å². The van der Waals surface area contributed by atoms with Crippen molar-refractivity contribution in [3.05, 3.63) is 66.0 Å². The fourth-order valence-electron chi connectivity index (χ4n) is 2.69. The molecule has 0 fully saturated rings. The zero-order chi connectivity index (χ0) is 17.1. The van der Waals surface area contributed by atoms with Crippen molar-refractivity contribution in [2.45, 2.75) is 33.7 Å². The van der Waals surface area contributed by atoms with Crippen molar-refractivity contribution in [2.24, 2.45) is 5.41 Å². The molecule has 4 heteroatoms. The number of hydrogen-bond donors (Lipinski definition) is 1. The summed E-state index contributed by atoms with van der Waals surface area (Å²) in [5.41, 5.74) is 1.20. The number of benzene rings is 2. The Balaban J connectivity index is 2.31. The highest BCUT2D eigenvalue weighted by molar-refractivity contribution is 8.17. The van der Waals surface area contributed by atoms with E-state index in [1.54, 1.807) is 0 Å². The molecule has 124 valence electrons. The highest BCUT2D eigenvalue weighted by Crippen LogP contribution is 2.47. The lowest BCUT2D eigenvalue weighted by Gasteiger charge is -2.33. The number of rotatable bonds is 5. The van der Waals surface area contributed by atoms with E-state index in [9.17, 15) is 4.39 Å². The first-order chi connectivity index (χ1) is 10.7. The van der Waals surface area contributed by atoms with Crippen molar-refractivity contribution < 1.29 is 4.39 Å². The van der Waals surface area contributed by atoms with Gasteiger partial charge in [0.2, 0.25) is 0 Å². The first-order valence-corrected chi connectivity index (χ1v) is 10.9. The maximum atomic E-state index is 13.1. The Labute approximate surface area is 144 Å². The van der Waals surface area contributed by atoms with Crippen LogP contribution < -0.4 is 10.4 Å². The van der Waals surface area contributed by atoms with Gasteiger partial charge in [-0.2, -0.15) is 0 Å². The fraction of sp³-hybridized carbons (Fsp3) is 0.368. The van der Waals surface area contributed by atoms with Crippen molar-refractivity contribution in [2.75, 3.05) is 6.16 Å². The molecule has 0 bridgehead atoms. The number of nitrogens with one attached hydrogen (secondary N) is 1. The van der Waals surface area contributed by atoms with Crippen molar-refractivity contribution in [1.29, 1.82) is 0 Å². The van der Waals surface area contributed by atoms with Crippen LogP contribution in [0.15, 0.2) is 54.6 Å². The zero-order valence-electron chi connectivity index (χ0n) is 14.2. The molecule has 0 aromatic heterocycles. The number of hydrogen-bond acceptors (Lipinski definition) is 1. The highest BCUT2D eigenvalue weighted by Gasteiger charge is 2.28. The second kappa shape index (κ2) is 7.25. The Morgan fingerprint density at radius 3 is 2.13 bits per heavy atom. The minimum atomic E-state index is -1.94. The van der Waals surface area contributed by atoms with Gasteiger partial charge < -0.3 is 0 Å². The lowest BCUT2D eigenvalue weighted by molar-refractivity contribution is 0.475. The normalized spacial score (nSPS) is 15.9. The molecule has 0 amide bonds. The molecule has 0 saturated heterocycles. The van der Waals surface area contributed by atoms with Crippen molar-refractivity contribution in [3.63, 3.8) is 0 Å². The molecule has 2 atom stereocenters. The zero-order valence-corrected chi connectivity index (χ0v) is 15.9. The summed E-state index contributed by atoms with van der Waals surface area (Å²) in [5.74, 6) is -0.210. The van der Waals surface area contributed by atoms with Gasteiger partial charge in [0.15, 0.2) is 0 Å². The second-order valence-corrected chi connectivity index (χ2v) is 11.6. The summed E-state index contributed by atoms with van der Waals surface area (Å²) < 4.78 is 13.1. The molecule has 23 heavy (non-hydrogen) atoms. The predicted molar refractivity (Wildman–Crippen MR) is 103 cm³/mol. The minimum absolute atomic E-state index is 0.0870. The van der Waals surface area contributed by atoms with E-state index in [-0.39, 0.29) is 17.3 Å². The maximum Gasteiger partial charge on any atom is 0.123 e. The summed E-state index contributed by atoms with van der Waals surface area (Å²) in [5, 5.41) is 4.91. The van der Waals surface area contributed by atoms with Crippen LogP contribution in [0.25, 0.3) is 0 Å². The first kappa shape index (κ1) is 18.3. The Kier molecular flexibility index (Phi) is 5.78. The van der Waals surface area contributed by atoms with Crippen LogP contribution in [0.5, 0.6) is 0 Å². The maximum absolute atomic E-state index is 13.1. The Morgan fingerprint density at radius 1 is 1.04 bits per heavy atom. The van der Waals surface area contributed by atoms with E-state index in [4.69, 9.17) is 11.8 Å². The quantitative estimate of drug-likeness (QED) is 0.741. The van der Waals surface area contributed by atoms with Crippen molar-refractivity contribution in [1.82, 2.24) is 5.09 Å². The summed E-state index contributed by atoms with van der Waals surface area (Å²) in [4.78, 5) is 0. The highest BCUT2D eigenvalue weighted by atomic mass is 32.4. The molecule has 2 unspecified atom stereocenters. The lowest BCUT2D eigenvalue weighted by atomic mass is 10.0. The molecule has 0 aliphatic carbocycles. The van der Waals surface area contributed by atoms with E-state index in [0.717, 1.165) is 11.7 Å². The monoisotopic (exact) mass is 349 g/mol. The van der Waals surface area contributed by atoms with Gasteiger partial charge in [0.1, 0.15) is 5.82 Å². The van der Waals surface area contributed by atoms with E-state index in [1.165, 1.54) is 17.4 Å². The third-order valence-electron chi connectivity index (χ3n) is 3.64. The van der Waals surface area contributed by atoms with Gasteiger partial charge in [-0.05, 0) is 41.5 Å². The van der Waals surface area contributed by atoms with E-state index in [2.05, 4.69) is 44.9 Å². The van der Waals surface area contributed by atoms with Crippen LogP contribution in [0.4, 0.5) is 4.39 Å². The predicted octanol–water partition coefficient (Wildman–Crippen LogP) is 5.24. The molecule has 2 rings (SSSR count). The summed E-state index contributed by atoms with van der Waals surface area (Å²) >= 11 is 6.14. The first-order valence-electron chi connectivity index (χ1n) is 7.88. The molecule has 1 nitrogen and oxygen atoms in total. The Morgan fingerprint density at radius 2 is 1.61 bits per heavy atom. The second-order valence-electron chi connectivity index (χ2n) is 7.20. The van der Waals surface area contributed by atoms with Crippen LogP contribution in [0, 0.1) is 11.2 Å². The van der Waals surface area contributed by atoms with Crippen LogP contribution in [0.2, 0.25) is 0 Å². The van der Waals surface area contributed by atoms with Gasteiger partial charge in [-0.25, -0.2) is 4.39 Å². The largest absolute Gasteiger partial charge is 0.278 e. The summed E-state index contributed by atoms with van der Waals surface area (Å²) in [6.45, 7) is 8.77. The van der Waals surface area contributed by atoms with E-state index < -0.39 is 6.19 Å². The smallest absolute Gasteiger partial charge is 0.123 e. The fourth-order valence-corrected chi connectivity index (χ4v) is 7.88. The molecule has 0 radical (unpaired) electrons. The van der Waals surface area contributed by atoms with Crippen LogP contribution >= 0.6 is 6.19 Å². The van der Waals surface area contributed by atoms with Crippen LogP contribution in [0.1, 0.15) is 39.3 Å². The molecule has 2 aromatic rings. The van der Waals surface area contributed by atoms with Gasteiger partial charge in [-0.15, -0.1) is 0 Å². The minimum Gasteiger partial charge on any atom is -0.278 e. The molecule has 2 aromatic carbocycles. The summed E-state index contributed by atoms with van der Waals surface area (Å²) in [6, 6.07) is 17.1. The summed E-state index contributed by atoms with van der Waals surface area (Å²) in [7, 11) is 0. The van der Waals surface area contributed by atoms with Crippen LogP contribution in [0.3, 0.4) is 0 Å². The molecular formula is C19H25FNPS. The van der Waals surface area contributed by atoms with Crippen LogP contribution in [-0.2, 0) is 11.8 Å². The molecule has 1 N–H and O–H groups in total. The average Bonchev–Trinajstić information content (AvgIpc) is 2.47. The topological polar surface area (TPSA) is 12.0 Å². The van der Waals surface area contributed by atoms with E-state index >= 15 is 0 Å². The molecule has 0 spiro atoms. The molecule has 0 aliphatic rings. The lowest BCUT2D eigenvalue weighted by Crippen LogP contribution is -2.28. The Bertz CT molecular complexity index is 677. The van der Waals surface area contributed by atoms with Gasteiger partial charge >= 0.3 is 0 Å². The van der Waals surface area contributed by atoms with Gasteiger partial charge in [0.05, 0.1) is 0 Å². The average molecular weight is 349 g/mol. The third kappa shape index (κ3) is 5.24. The van der Waals surface area contributed by atoms with Gasteiger partial charge in [0, 0.05) is 12.2 Å². The summed E-state index contributed by atoms with van der Waals surface area (Å²) in [6.07, 6.45) is -1.00. The molecule has 0 saturated carbocycles. The van der Waals surface area contributed by atoms with Gasteiger partial charge in [0.25, 0.3) is 0 Å². The SMILES string of the molecule is CC(NP(=S)(CC(C)(C)C)c1ccccc1)c1ccc(F)cc1. The van der Waals surface area contributed by atoms with Gasteiger partial charge in [-0.1, -0.05) is 75.0 Å². The van der Waals surface area contributed by atoms with E-state index in [0.29, 0.717) is 0 Å². The van der Waals surface area contributed by atoms with Gasteiger partial charge in [-0.3, -0.25) is 5.09 Å². The van der Waals surface area contributed by atoms with Crippen LogP contribution in [-0.4, -0.2) is 6.16 Å². The standard InChI is InChI=1S/C19H25FNPS/c1-15(16-10-12-17(20)13-11-16)21-22(23,14-19(2,3)4)18-8-6-5-7-9-18/h5-13,15H,14H2,1-4H3,(H,21,23). The van der Waals surface area contributed by atoms with Crippen molar-refractivity contribution >= 4 is 23.3 Å². The molecular weight excluding hydrogens is 324 g/mol. The third-order valence-corrected chi connectivity index (χ3v) is 8.31. The molecule has 0 aliphatic heterocycles.